The summed E-state index contributed by atoms with van der Waals surface area (Å²) in [5.74, 6) is 0.0422. The van der Waals surface area contributed by atoms with Crippen LogP contribution in [0.5, 0.6) is 0 Å². The lowest BCUT2D eigenvalue weighted by Crippen LogP contribution is -2.58. The SMILES string of the molecule is CN(Cc1ccc(-n2ccc(NC(=O)N3CCN(C(=O)C(C)(C)N)CC3)nc2=O)cc1)[C@H]1CC[C@H](N)CC1.Cl. The minimum absolute atomic E-state index is 0. The number of hydrogen-bond donors (Lipinski definition) is 3. The molecule has 2 fully saturated rings. The molecule has 0 spiro atoms. The molecule has 1 saturated carbocycles. The van der Waals surface area contributed by atoms with Gasteiger partial charge in [-0.25, -0.2) is 9.59 Å². The number of urea groups is 1. The number of benzene rings is 1. The van der Waals surface area contributed by atoms with Crippen LogP contribution >= 0.6 is 12.4 Å². The molecule has 0 unspecified atom stereocenters. The summed E-state index contributed by atoms with van der Waals surface area (Å²) in [4.78, 5) is 47.4. The van der Waals surface area contributed by atoms with Gasteiger partial charge < -0.3 is 21.3 Å². The van der Waals surface area contributed by atoms with Gasteiger partial charge in [0.15, 0.2) is 0 Å². The Morgan fingerprint density at radius 1 is 1.03 bits per heavy atom. The van der Waals surface area contributed by atoms with E-state index in [1.165, 1.54) is 10.1 Å². The van der Waals surface area contributed by atoms with Gasteiger partial charge in [-0.3, -0.25) is 19.6 Å². The van der Waals surface area contributed by atoms with Gasteiger partial charge in [-0.15, -0.1) is 12.4 Å². The minimum Gasteiger partial charge on any atom is -0.338 e. The first-order chi connectivity index (χ1) is 18.0. The highest BCUT2D eigenvalue weighted by Crippen LogP contribution is 2.23. The second-order valence-electron chi connectivity index (χ2n) is 11.0. The van der Waals surface area contributed by atoms with Crippen molar-refractivity contribution < 1.29 is 9.59 Å². The van der Waals surface area contributed by atoms with E-state index in [9.17, 15) is 14.4 Å². The van der Waals surface area contributed by atoms with Gasteiger partial charge in [-0.2, -0.15) is 4.98 Å². The number of carbonyl (C=O) groups is 2. The van der Waals surface area contributed by atoms with Crippen LogP contribution < -0.4 is 22.5 Å². The Bertz CT molecular complexity index is 1180. The summed E-state index contributed by atoms with van der Waals surface area (Å²) in [7, 11) is 2.15. The molecule has 2 heterocycles. The summed E-state index contributed by atoms with van der Waals surface area (Å²) in [6.07, 6.45) is 6.01. The summed E-state index contributed by atoms with van der Waals surface area (Å²) in [6, 6.07) is 10.00. The van der Waals surface area contributed by atoms with Crippen LogP contribution in [-0.4, -0.2) is 87.0 Å². The smallest absolute Gasteiger partial charge is 0.338 e. The van der Waals surface area contributed by atoms with Crippen LogP contribution in [0.15, 0.2) is 41.3 Å². The predicted octanol–water partition coefficient (Wildman–Crippen LogP) is 1.77. The van der Waals surface area contributed by atoms with Crippen molar-refractivity contribution in [1.29, 1.82) is 0 Å². The van der Waals surface area contributed by atoms with Gasteiger partial charge in [-0.05, 0) is 70.3 Å². The number of nitrogens with one attached hydrogen (secondary N) is 1. The number of piperazine rings is 1. The molecule has 0 bridgehead atoms. The Hall–Kier alpha value is -2.99. The highest BCUT2D eigenvalue weighted by atomic mass is 35.5. The fraction of sp³-hybridized carbons (Fsp3) is 0.556. The first kappa shape index (κ1) is 30.6. The first-order valence-corrected chi connectivity index (χ1v) is 13.3. The molecule has 11 nitrogen and oxygen atoms in total. The number of anilines is 1. The van der Waals surface area contributed by atoms with Crippen molar-refractivity contribution in [2.45, 2.75) is 63.7 Å². The highest BCUT2D eigenvalue weighted by Gasteiger charge is 2.31. The third-order valence-corrected chi connectivity index (χ3v) is 7.46. The van der Waals surface area contributed by atoms with E-state index in [-0.39, 0.29) is 30.2 Å². The first-order valence-electron chi connectivity index (χ1n) is 13.3. The van der Waals surface area contributed by atoms with Crippen LogP contribution in [0.25, 0.3) is 5.69 Å². The maximum absolute atomic E-state index is 12.7. The highest BCUT2D eigenvalue weighted by molar-refractivity contribution is 5.89. The summed E-state index contributed by atoms with van der Waals surface area (Å²) in [5, 5.41) is 2.69. The number of amides is 3. The summed E-state index contributed by atoms with van der Waals surface area (Å²) >= 11 is 0. The molecular weight excluding hydrogens is 520 g/mol. The lowest BCUT2D eigenvalue weighted by molar-refractivity contribution is -0.137. The lowest BCUT2D eigenvalue weighted by atomic mass is 9.91. The van der Waals surface area contributed by atoms with Crippen LogP contribution in [0.3, 0.4) is 0 Å². The third-order valence-electron chi connectivity index (χ3n) is 7.46. The molecule has 2 aliphatic rings. The molecule has 214 valence electrons. The Morgan fingerprint density at radius 3 is 2.18 bits per heavy atom. The van der Waals surface area contributed by atoms with Gasteiger partial charge in [0.2, 0.25) is 5.91 Å². The molecule has 0 atom stereocenters. The molecule has 2 aromatic rings. The fourth-order valence-corrected chi connectivity index (χ4v) is 5.10. The third kappa shape index (κ3) is 7.78. The van der Waals surface area contributed by atoms with Gasteiger partial charge in [0.1, 0.15) is 5.82 Å². The van der Waals surface area contributed by atoms with E-state index in [2.05, 4.69) is 22.2 Å². The Kier molecular flexibility index (Phi) is 10.1. The Labute approximate surface area is 235 Å². The number of rotatable bonds is 6. The molecule has 5 N–H and O–H groups in total. The summed E-state index contributed by atoms with van der Waals surface area (Å²) in [5.41, 5.74) is 12.4. The van der Waals surface area contributed by atoms with Gasteiger partial charge in [-0.1, -0.05) is 12.1 Å². The van der Waals surface area contributed by atoms with Gasteiger partial charge in [0, 0.05) is 51.0 Å². The van der Waals surface area contributed by atoms with Crippen LogP contribution in [-0.2, 0) is 11.3 Å². The second kappa shape index (κ2) is 12.9. The van der Waals surface area contributed by atoms with Gasteiger partial charge in [0.25, 0.3) is 0 Å². The van der Waals surface area contributed by atoms with Crippen LogP contribution in [0, 0.1) is 0 Å². The van der Waals surface area contributed by atoms with Gasteiger partial charge >= 0.3 is 11.7 Å². The Morgan fingerprint density at radius 2 is 1.62 bits per heavy atom. The average Bonchev–Trinajstić information content (AvgIpc) is 2.89. The van der Waals surface area contributed by atoms with E-state index in [4.69, 9.17) is 11.5 Å². The topological polar surface area (TPSA) is 143 Å². The molecular formula is C27H41ClN8O3. The van der Waals surface area contributed by atoms with Crippen molar-refractivity contribution in [1.82, 2.24) is 24.3 Å². The largest absolute Gasteiger partial charge is 0.354 e. The number of nitrogens with zero attached hydrogens (tertiary/aromatic N) is 5. The molecule has 1 aromatic heterocycles. The monoisotopic (exact) mass is 560 g/mol. The van der Waals surface area contributed by atoms with E-state index in [0.717, 1.165) is 32.2 Å². The zero-order chi connectivity index (χ0) is 27.4. The molecule has 0 radical (unpaired) electrons. The number of hydrogen-bond acceptors (Lipinski definition) is 7. The Balaban J connectivity index is 0.00000420. The molecule has 1 saturated heterocycles. The second-order valence-corrected chi connectivity index (χ2v) is 11.0. The lowest BCUT2D eigenvalue weighted by Gasteiger charge is -2.37. The minimum atomic E-state index is -0.945. The molecule has 1 aromatic carbocycles. The van der Waals surface area contributed by atoms with E-state index in [0.29, 0.717) is 44.0 Å². The molecule has 4 rings (SSSR count). The maximum Gasteiger partial charge on any atom is 0.354 e. The zero-order valence-electron chi connectivity index (χ0n) is 23.0. The van der Waals surface area contributed by atoms with E-state index in [1.54, 1.807) is 35.9 Å². The van der Waals surface area contributed by atoms with Crippen LogP contribution in [0.1, 0.15) is 45.1 Å². The number of nitrogens with two attached hydrogens (primary N) is 2. The number of aromatic nitrogens is 2. The van der Waals surface area contributed by atoms with Crippen molar-refractivity contribution in [2.24, 2.45) is 11.5 Å². The molecule has 1 aliphatic heterocycles. The van der Waals surface area contributed by atoms with Crippen LogP contribution in [0.2, 0.25) is 0 Å². The molecule has 3 amide bonds. The molecule has 39 heavy (non-hydrogen) atoms. The van der Waals surface area contributed by atoms with E-state index in [1.807, 2.05) is 24.3 Å². The maximum atomic E-state index is 12.7. The summed E-state index contributed by atoms with van der Waals surface area (Å²) in [6.45, 7) is 5.74. The normalized spacial score (nSPS) is 19.9. The fourth-order valence-electron chi connectivity index (χ4n) is 5.10. The average molecular weight is 561 g/mol. The van der Waals surface area contributed by atoms with Crippen molar-refractivity contribution in [2.75, 3.05) is 38.5 Å². The molecule has 1 aliphatic carbocycles. The van der Waals surface area contributed by atoms with Crippen molar-refractivity contribution in [3.8, 4) is 5.69 Å². The van der Waals surface area contributed by atoms with Crippen molar-refractivity contribution in [3.63, 3.8) is 0 Å². The zero-order valence-corrected chi connectivity index (χ0v) is 23.8. The summed E-state index contributed by atoms with van der Waals surface area (Å²) < 4.78 is 1.45. The number of carbonyl (C=O) groups excluding carboxylic acids is 2. The van der Waals surface area contributed by atoms with Crippen molar-refractivity contribution in [3.05, 3.63) is 52.6 Å². The van der Waals surface area contributed by atoms with Gasteiger partial charge in [0.05, 0.1) is 11.2 Å². The van der Waals surface area contributed by atoms with E-state index < -0.39 is 11.2 Å². The standard InChI is InChI=1S/C27H40N8O3.ClH/c1-27(2,29)24(36)33-14-16-34(17-15-33)25(37)30-23-12-13-35(26(38)31-23)22-8-4-19(5-9-22)18-32(3)21-10-6-20(28)7-11-21;/h4-5,8-9,12-13,20-21H,6-7,10-11,14-18,28-29H2,1-3H3,(H,30,31,37,38);1H/t20-,21-;. The van der Waals surface area contributed by atoms with Crippen molar-refractivity contribution >= 4 is 30.2 Å². The van der Waals surface area contributed by atoms with E-state index >= 15 is 0 Å². The molecule has 12 heteroatoms. The number of halogens is 1. The predicted molar refractivity (Wildman–Crippen MR) is 154 cm³/mol. The quantitative estimate of drug-likeness (QED) is 0.488. The van der Waals surface area contributed by atoms with Crippen LogP contribution in [0.4, 0.5) is 10.6 Å².